The summed E-state index contributed by atoms with van der Waals surface area (Å²) >= 11 is 1.58. The summed E-state index contributed by atoms with van der Waals surface area (Å²) in [6, 6.07) is 8.34. The molecule has 5 nitrogen and oxygen atoms in total. The largest absolute Gasteiger partial charge is 0.347 e. The van der Waals surface area contributed by atoms with Gasteiger partial charge in [-0.05, 0) is 55.0 Å². The van der Waals surface area contributed by atoms with Gasteiger partial charge >= 0.3 is 0 Å². The van der Waals surface area contributed by atoms with E-state index in [1.165, 1.54) is 48.3 Å². The van der Waals surface area contributed by atoms with E-state index in [2.05, 4.69) is 5.32 Å². The number of primary sulfonamides is 1. The number of aryl methyl sites for hydroxylation is 2. The fraction of sp³-hybridized carbons (Fsp3) is 0.389. The smallest absolute Gasteiger partial charge is 0.261 e. The predicted molar refractivity (Wildman–Crippen MR) is 99.2 cm³/mol. The molecule has 1 aromatic heterocycles. The minimum Gasteiger partial charge on any atom is -0.347 e. The number of hydrogen-bond donors (Lipinski definition) is 2. The lowest BCUT2D eigenvalue weighted by Crippen LogP contribution is -2.22. The quantitative estimate of drug-likeness (QED) is 0.857. The van der Waals surface area contributed by atoms with Crippen molar-refractivity contribution in [2.45, 2.75) is 50.0 Å². The number of nitrogens with two attached hydrogens (primary N) is 1. The molecule has 1 heterocycles. The van der Waals surface area contributed by atoms with Crippen molar-refractivity contribution in [1.29, 1.82) is 0 Å². The number of nitrogens with one attached hydrogen (secondary N) is 1. The van der Waals surface area contributed by atoms with E-state index in [9.17, 15) is 13.2 Å². The molecule has 0 fully saturated rings. The van der Waals surface area contributed by atoms with E-state index < -0.39 is 10.0 Å². The van der Waals surface area contributed by atoms with Gasteiger partial charge in [0.1, 0.15) is 0 Å². The summed E-state index contributed by atoms with van der Waals surface area (Å²) in [6.07, 6.45) is 7.01. The maximum absolute atomic E-state index is 12.4. The van der Waals surface area contributed by atoms with Crippen LogP contribution >= 0.6 is 11.3 Å². The predicted octanol–water partition coefficient (Wildman–Crippen LogP) is 2.98. The summed E-state index contributed by atoms with van der Waals surface area (Å²) in [5.74, 6) is -0.113. The van der Waals surface area contributed by atoms with E-state index in [1.54, 1.807) is 23.5 Å². The molecule has 7 heteroatoms. The van der Waals surface area contributed by atoms with Crippen LogP contribution in [0.2, 0.25) is 0 Å². The minimum atomic E-state index is -3.74. The molecule has 1 aliphatic carbocycles. The first-order valence-corrected chi connectivity index (χ1v) is 10.8. The number of carbonyl (C=O) groups excluding carboxylic acids is 1. The fourth-order valence-electron chi connectivity index (χ4n) is 3.06. The molecule has 1 aliphatic rings. The van der Waals surface area contributed by atoms with Crippen molar-refractivity contribution in [3.63, 3.8) is 0 Å². The fourth-order valence-corrected chi connectivity index (χ4v) is 4.81. The first-order chi connectivity index (χ1) is 11.9. The molecular formula is C18H22N2O3S2. The summed E-state index contributed by atoms with van der Waals surface area (Å²) < 4.78 is 22.8. The highest BCUT2D eigenvalue weighted by atomic mass is 32.2. The lowest BCUT2D eigenvalue weighted by Gasteiger charge is -2.07. The molecule has 0 spiro atoms. The van der Waals surface area contributed by atoms with E-state index in [1.807, 2.05) is 6.07 Å². The van der Waals surface area contributed by atoms with Gasteiger partial charge in [-0.1, -0.05) is 25.0 Å². The van der Waals surface area contributed by atoms with Gasteiger partial charge in [-0.2, -0.15) is 0 Å². The lowest BCUT2D eigenvalue weighted by molar-refractivity contribution is 0.0955. The molecule has 1 amide bonds. The third-order valence-electron chi connectivity index (χ3n) is 4.40. The summed E-state index contributed by atoms with van der Waals surface area (Å²) in [5, 5.41) is 8.01. The van der Waals surface area contributed by atoms with E-state index in [4.69, 9.17) is 5.14 Å². The summed E-state index contributed by atoms with van der Waals surface area (Å²) in [4.78, 5) is 14.6. The molecule has 0 aliphatic heterocycles. The zero-order valence-electron chi connectivity index (χ0n) is 14.0. The van der Waals surface area contributed by atoms with Crippen LogP contribution in [-0.2, 0) is 29.4 Å². The molecular weight excluding hydrogens is 356 g/mol. The van der Waals surface area contributed by atoms with Crippen LogP contribution in [0, 0.1) is 0 Å². The average molecular weight is 379 g/mol. The van der Waals surface area contributed by atoms with Crippen LogP contribution in [0.1, 0.15) is 51.4 Å². The summed E-state index contributed by atoms with van der Waals surface area (Å²) in [7, 11) is -3.74. The molecule has 3 N–H and O–H groups in total. The van der Waals surface area contributed by atoms with Crippen LogP contribution in [0.5, 0.6) is 0 Å². The van der Waals surface area contributed by atoms with Crippen molar-refractivity contribution in [3.05, 3.63) is 51.2 Å². The van der Waals surface area contributed by atoms with E-state index in [-0.39, 0.29) is 17.3 Å². The Kier molecular flexibility index (Phi) is 5.56. The van der Waals surface area contributed by atoms with Crippen molar-refractivity contribution in [2.75, 3.05) is 0 Å². The highest BCUT2D eigenvalue weighted by molar-refractivity contribution is 7.89. The highest BCUT2D eigenvalue weighted by Crippen LogP contribution is 2.28. The van der Waals surface area contributed by atoms with Gasteiger partial charge in [0.2, 0.25) is 10.0 Å². The van der Waals surface area contributed by atoms with E-state index in [0.717, 1.165) is 17.7 Å². The molecule has 1 aromatic carbocycles. The first-order valence-electron chi connectivity index (χ1n) is 8.45. The van der Waals surface area contributed by atoms with Crippen LogP contribution in [0.4, 0.5) is 0 Å². The number of carbonyl (C=O) groups is 1. The number of benzene rings is 1. The summed E-state index contributed by atoms with van der Waals surface area (Å²) in [6.45, 7) is 0.269. The number of amides is 1. The number of sulfonamides is 1. The molecule has 0 atom stereocenters. The maximum Gasteiger partial charge on any atom is 0.261 e. The second-order valence-electron chi connectivity index (χ2n) is 6.35. The van der Waals surface area contributed by atoms with E-state index in [0.29, 0.717) is 5.56 Å². The van der Waals surface area contributed by atoms with Gasteiger partial charge in [-0.3, -0.25) is 4.79 Å². The molecule has 25 heavy (non-hydrogen) atoms. The monoisotopic (exact) mass is 378 g/mol. The van der Waals surface area contributed by atoms with Crippen molar-refractivity contribution in [1.82, 2.24) is 5.32 Å². The Morgan fingerprint density at radius 2 is 1.88 bits per heavy atom. The molecule has 134 valence electrons. The van der Waals surface area contributed by atoms with Crippen LogP contribution in [-0.4, -0.2) is 14.3 Å². The van der Waals surface area contributed by atoms with Crippen molar-refractivity contribution >= 4 is 27.3 Å². The minimum absolute atomic E-state index is 0.0540. The molecule has 3 rings (SSSR count). The Balaban J connectivity index is 1.68. The molecule has 0 saturated heterocycles. The number of rotatable bonds is 4. The molecule has 0 unspecified atom stereocenters. The normalized spacial score (nSPS) is 15.1. The lowest BCUT2D eigenvalue weighted by atomic mass is 10.00. The Morgan fingerprint density at radius 1 is 1.12 bits per heavy atom. The third kappa shape index (κ3) is 4.68. The Hall–Kier alpha value is -1.70. The van der Waals surface area contributed by atoms with Crippen molar-refractivity contribution < 1.29 is 13.2 Å². The van der Waals surface area contributed by atoms with Crippen LogP contribution < -0.4 is 10.5 Å². The van der Waals surface area contributed by atoms with E-state index >= 15 is 0 Å². The van der Waals surface area contributed by atoms with Crippen LogP contribution in [0.3, 0.4) is 0 Å². The SMILES string of the molecule is NS(=O)(=O)c1cccc(CNC(=O)c2cc3c(s2)CCCCCC3)c1. The average Bonchev–Trinajstić information content (AvgIpc) is 2.94. The topological polar surface area (TPSA) is 89.3 Å². The molecule has 0 bridgehead atoms. The number of thiophene rings is 1. The Labute approximate surface area is 152 Å². The zero-order chi connectivity index (χ0) is 17.9. The molecule has 2 aromatic rings. The maximum atomic E-state index is 12.4. The standard InChI is InChI=1S/C18H22N2O3S2/c19-25(22,23)15-8-5-6-13(10-15)12-20-18(21)17-11-14-7-3-1-2-4-9-16(14)24-17/h5-6,8,10-11H,1-4,7,9,12H2,(H,20,21)(H2,19,22,23). The summed E-state index contributed by atoms with van der Waals surface area (Å²) in [5.41, 5.74) is 2.01. The van der Waals surface area contributed by atoms with Gasteiger partial charge in [0, 0.05) is 11.4 Å². The van der Waals surface area contributed by atoms with Gasteiger partial charge in [0.25, 0.3) is 5.91 Å². The Bertz CT molecular complexity index is 847. The van der Waals surface area contributed by atoms with Gasteiger partial charge in [0.15, 0.2) is 0 Å². The zero-order valence-corrected chi connectivity index (χ0v) is 15.6. The van der Waals surface area contributed by atoms with Crippen molar-refractivity contribution in [2.24, 2.45) is 5.14 Å². The first kappa shape index (κ1) is 18.1. The van der Waals surface area contributed by atoms with Gasteiger partial charge in [0.05, 0.1) is 9.77 Å². The van der Waals surface area contributed by atoms with Crippen LogP contribution in [0.25, 0.3) is 0 Å². The second-order valence-corrected chi connectivity index (χ2v) is 9.05. The van der Waals surface area contributed by atoms with Crippen LogP contribution in [0.15, 0.2) is 35.2 Å². The van der Waals surface area contributed by atoms with Gasteiger partial charge in [-0.25, -0.2) is 13.6 Å². The second kappa shape index (κ2) is 7.68. The third-order valence-corrected chi connectivity index (χ3v) is 6.55. The Morgan fingerprint density at radius 3 is 2.64 bits per heavy atom. The van der Waals surface area contributed by atoms with Crippen molar-refractivity contribution in [3.8, 4) is 0 Å². The van der Waals surface area contributed by atoms with Gasteiger partial charge in [-0.15, -0.1) is 11.3 Å². The highest BCUT2D eigenvalue weighted by Gasteiger charge is 2.16. The number of hydrogen-bond acceptors (Lipinski definition) is 4. The van der Waals surface area contributed by atoms with Gasteiger partial charge < -0.3 is 5.32 Å². The number of fused-ring (bicyclic) bond motifs is 1. The molecule has 0 saturated carbocycles. The molecule has 0 radical (unpaired) electrons.